The second-order valence-electron chi connectivity index (χ2n) is 7.52. The fourth-order valence-corrected chi connectivity index (χ4v) is 4.37. The third-order valence-electron chi connectivity index (χ3n) is 5.74. The monoisotopic (exact) mass is 346 g/mol. The maximum Gasteiger partial charge on any atom is 0.223 e. The molecule has 3 unspecified atom stereocenters. The molecule has 1 aromatic carbocycles. The van der Waals surface area contributed by atoms with Crippen LogP contribution < -0.4 is 20.5 Å². The summed E-state index contributed by atoms with van der Waals surface area (Å²) in [6.45, 7) is 2.45. The summed E-state index contributed by atoms with van der Waals surface area (Å²) in [4.78, 5) is 12.6. The molecule has 138 valence electrons. The molecular formula is C20H30N2O3. The number of fused-ring (bicyclic) bond motifs is 2. The van der Waals surface area contributed by atoms with Gasteiger partial charge in [0.25, 0.3) is 0 Å². The first kappa shape index (κ1) is 18.1. The number of hydrogen-bond acceptors (Lipinski definition) is 4. The Bertz CT molecular complexity index is 578. The molecule has 1 aromatic rings. The van der Waals surface area contributed by atoms with Gasteiger partial charge in [0.2, 0.25) is 5.91 Å². The van der Waals surface area contributed by atoms with Crippen LogP contribution in [0, 0.1) is 17.8 Å². The van der Waals surface area contributed by atoms with Gasteiger partial charge in [0.05, 0.1) is 13.7 Å². The van der Waals surface area contributed by atoms with Crippen molar-refractivity contribution in [3.63, 3.8) is 0 Å². The molecule has 2 bridgehead atoms. The first-order chi connectivity index (χ1) is 12.1. The van der Waals surface area contributed by atoms with Crippen molar-refractivity contribution in [2.24, 2.45) is 23.5 Å². The van der Waals surface area contributed by atoms with Gasteiger partial charge < -0.3 is 20.5 Å². The first-order valence-corrected chi connectivity index (χ1v) is 9.41. The maximum absolute atomic E-state index is 12.6. The van der Waals surface area contributed by atoms with E-state index in [1.807, 2.05) is 31.2 Å². The standard InChI is InChI=1S/C20H30N2O3/c1-13(25-18-9-4-3-8-17(18)24-2)12-22-20(23)16-10-14-6-5-7-15(11-16)19(14)21/h3-4,8-9,13-16,19H,5-7,10-12,21H2,1-2H3,(H,22,23). The lowest BCUT2D eigenvalue weighted by Gasteiger charge is -2.43. The Balaban J connectivity index is 1.49. The van der Waals surface area contributed by atoms with Gasteiger partial charge in [-0.3, -0.25) is 4.79 Å². The van der Waals surface area contributed by atoms with E-state index in [4.69, 9.17) is 15.2 Å². The van der Waals surface area contributed by atoms with Crippen LogP contribution in [0.5, 0.6) is 11.5 Å². The molecule has 0 aromatic heterocycles. The number of ether oxygens (including phenoxy) is 2. The minimum absolute atomic E-state index is 0.105. The summed E-state index contributed by atoms with van der Waals surface area (Å²) >= 11 is 0. The van der Waals surface area contributed by atoms with E-state index in [0.29, 0.717) is 35.9 Å². The molecule has 2 aliphatic carbocycles. The smallest absolute Gasteiger partial charge is 0.223 e. The van der Waals surface area contributed by atoms with Crippen LogP contribution in [0.15, 0.2) is 24.3 Å². The summed E-state index contributed by atoms with van der Waals surface area (Å²) in [6.07, 6.45) is 5.37. The highest BCUT2D eigenvalue weighted by atomic mass is 16.5. The molecule has 25 heavy (non-hydrogen) atoms. The molecule has 3 atom stereocenters. The third kappa shape index (κ3) is 4.27. The first-order valence-electron chi connectivity index (χ1n) is 9.41. The second kappa shape index (κ2) is 8.09. The summed E-state index contributed by atoms with van der Waals surface area (Å²) in [6, 6.07) is 7.85. The predicted molar refractivity (Wildman–Crippen MR) is 97.6 cm³/mol. The highest BCUT2D eigenvalue weighted by Gasteiger charge is 2.40. The van der Waals surface area contributed by atoms with Crippen molar-refractivity contribution in [2.75, 3.05) is 13.7 Å². The highest BCUT2D eigenvalue weighted by Crippen LogP contribution is 2.41. The molecule has 3 N–H and O–H groups in total. The van der Waals surface area contributed by atoms with Crippen LogP contribution in [0.1, 0.15) is 39.0 Å². The van der Waals surface area contributed by atoms with Crippen molar-refractivity contribution in [1.82, 2.24) is 5.32 Å². The van der Waals surface area contributed by atoms with Gasteiger partial charge in [-0.05, 0) is 56.6 Å². The molecule has 3 rings (SSSR count). The van der Waals surface area contributed by atoms with Gasteiger partial charge >= 0.3 is 0 Å². The molecule has 0 heterocycles. The molecule has 0 radical (unpaired) electrons. The zero-order chi connectivity index (χ0) is 17.8. The van der Waals surface area contributed by atoms with Gasteiger partial charge in [0, 0.05) is 12.0 Å². The number of carbonyl (C=O) groups is 1. The van der Waals surface area contributed by atoms with Gasteiger partial charge in [-0.1, -0.05) is 18.6 Å². The summed E-state index contributed by atoms with van der Waals surface area (Å²) < 4.78 is 11.2. The van der Waals surface area contributed by atoms with E-state index in [9.17, 15) is 4.79 Å². The number of para-hydroxylation sites is 2. The Labute approximate surface area is 150 Å². The van der Waals surface area contributed by atoms with Gasteiger partial charge in [-0.15, -0.1) is 0 Å². The topological polar surface area (TPSA) is 73.6 Å². The summed E-state index contributed by atoms with van der Waals surface area (Å²) in [5.41, 5.74) is 6.32. The minimum atomic E-state index is -0.120. The van der Waals surface area contributed by atoms with Crippen LogP contribution in [-0.2, 0) is 4.79 Å². The fourth-order valence-electron chi connectivity index (χ4n) is 4.37. The molecule has 2 aliphatic rings. The van der Waals surface area contributed by atoms with Crippen molar-refractivity contribution >= 4 is 5.91 Å². The van der Waals surface area contributed by atoms with Crippen LogP contribution in [0.25, 0.3) is 0 Å². The predicted octanol–water partition coefficient (Wildman–Crippen LogP) is 2.73. The van der Waals surface area contributed by atoms with Crippen molar-refractivity contribution in [1.29, 1.82) is 0 Å². The lowest BCUT2D eigenvalue weighted by Crippen LogP contribution is -2.49. The number of hydrogen-bond donors (Lipinski definition) is 2. The van der Waals surface area contributed by atoms with E-state index >= 15 is 0 Å². The summed E-state index contributed by atoms with van der Waals surface area (Å²) in [7, 11) is 1.62. The van der Waals surface area contributed by atoms with Crippen LogP contribution in [0.4, 0.5) is 0 Å². The lowest BCUT2D eigenvalue weighted by molar-refractivity contribution is -0.128. The largest absolute Gasteiger partial charge is 0.493 e. The molecule has 0 saturated heterocycles. The minimum Gasteiger partial charge on any atom is -0.493 e. The zero-order valence-corrected chi connectivity index (χ0v) is 15.2. The Morgan fingerprint density at radius 3 is 2.52 bits per heavy atom. The van der Waals surface area contributed by atoms with Crippen molar-refractivity contribution in [3.05, 3.63) is 24.3 Å². The average molecular weight is 346 g/mol. The Morgan fingerprint density at radius 1 is 1.24 bits per heavy atom. The van der Waals surface area contributed by atoms with Crippen molar-refractivity contribution < 1.29 is 14.3 Å². The Kier molecular flexibility index (Phi) is 5.84. The number of nitrogens with one attached hydrogen (secondary N) is 1. The van der Waals surface area contributed by atoms with Gasteiger partial charge in [-0.2, -0.15) is 0 Å². The second-order valence-corrected chi connectivity index (χ2v) is 7.52. The molecule has 1 amide bonds. The molecule has 5 heteroatoms. The van der Waals surface area contributed by atoms with Crippen molar-refractivity contribution in [2.45, 2.75) is 51.2 Å². The van der Waals surface area contributed by atoms with Gasteiger partial charge in [-0.25, -0.2) is 0 Å². The molecule has 2 saturated carbocycles. The molecule has 0 aliphatic heterocycles. The van der Waals surface area contributed by atoms with E-state index in [1.54, 1.807) is 7.11 Å². The van der Waals surface area contributed by atoms with Crippen LogP contribution in [-0.4, -0.2) is 31.7 Å². The van der Waals surface area contributed by atoms with E-state index in [2.05, 4.69) is 5.32 Å². The Hall–Kier alpha value is -1.75. The fraction of sp³-hybridized carbons (Fsp3) is 0.650. The van der Waals surface area contributed by atoms with E-state index < -0.39 is 0 Å². The average Bonchev–Trinajstić information content (AvgIpc) is 2.60. The van der Waals surface area contributed by atoms with Gasteiger partial charge in [0.1, 0.15) is 6.10 Å². The van der Waals surface area contributed by atoms with E-state index in [0.717, 1.165) is 12.8 Å². The molecule has 5 nitrogen and oxygen atoms in total. The highest BCUT2D eigenvalue weighted by molar-refractivity contribution is 5.78. The Morgan fingerprint density at radius 2 is 1.88 bits per heavy atom. The van der Waals surface area contributed by atoms with Crippen LogP contribution in [0.2, 0.25) is 0 Å². The lowest BCUT2D eigenvalue weighted by atomic mass is 9.65. The van der Waals surface area contributed by atoms with E-state index in [1.165, 1.54) is 19.3 Å². The van der Waals surface area contributed by atoms with Crippen molar-refractivity contribution in [3.8, 4) is 11.5 Å². The van der Waals surface area contributed by atoms with Crippen LogP contribution in [0.3, 0.4) is 0 Å². The van der Waals surface area contributed by atoms with Gasteiger partial charge in [0.15, 0.2) is 11.5 Å². The summed E-state index contributed by atoms with van der Waals surface area (Å²) in [5, 5.41) is 3.07. The third-order valence-corrected chi connectivity index (χ3v) is 5.74. The van der Waals surface area contributed by atoms with Crippen LogP contribution >= 0.6 is 0 Å². The number of carbonyl (C=O) groups excluding carboxylic acids is 1. The SMILES string of the molecule is COc1ccccc1OC(C)CNC(=O)C1CC2CCCC(C1)C2N. The number of benzene rings is 1. The molecule has 2 fully saturated rings. The molecule has 0 spiro atoms. The quantitative estimate of drug-likeness (QED) is 0.831. The number of amides is 1. The summed E-state index contributed by atoms with van der Waals surface area (Å²) in [5.74, 6) is 2.70. The molecular weight excluding hydrogens is 316 g/mol. The number of nitrogens with two attached hydrogens (primary N) is 1. The van der Waals surface area contributed by atoms with E-state index in [-0.39, 0.29) is 17.9 Å². The number of rotatable bonds is 6. The number of methoxy groups -OCH3 is 1. The zero-order valence-electron chi connectivity index (χ0n) is 15.2. The normalized spacial score (nSPS) is 29.6. The maximum atomic E-state index is 12.6.